The van der Waals surface area contributed by atoms with Crippen LogP contribution in [0.25, 0.3) is 11.0 Å². The Morgan fingerprint density at radius 1 is 1.37 bits per heavy atom. The van der Waals surface area contributed by atoms with Gasteiger partial charge in [0.1, 0.15) is 11.3 Å². The number of aryl methyl sites for hydroxylation is 1. The van der Waals surface area contributed by atoms with Crippen LogP contribution in [-0.2, 0) is 6.54 Å². The molecule has 98 valence electrons. The van der Waals surface area contributed by atoms with Gasteiger partial charge in [0.25, 0.3) is 0 Å². The quantitative estimate of drug-likeness (QED) is 0.782. The Morgan fingerprint density at radius 3 is 2.84 bits per heavy atom. The molecule has 0 unspecified atom stereocenters. The van der Waals surface area contributed by atoms with Crippen molar-refractivity contribution < 1.29 is 8.78 Å². The van der Waals surface area contributed by atoms with E-state index in [0.717, 1.165) is 16.5 Å². The van der Waals surface area contributed by atoms with Gasteiger partial charge in [-0.15, -0.1) is 11.3 Å². The van der Waals surface area contributed by atoms with Crippen molar-refractivity contribution in [2.24, 2.45) is 0 Å². The van der Waals surface area contributed by atoms with Gasteiger partial charge >= 0.3 is 0 Å². The lowest BCUT2D eigenvalue weighted by Crippen LogP contribution is -2.04. The molecule has 3 rings (SSSR count). The van der Waals surface area contributed by atoms with E-state index in [2.05, 4.69) is 4.98 Å². The highest BCUT2D eigenvalue weighted by Crippen LogP contribution is 2.25. The maximum atomic E-state index is 13.6. The summed E-state index contributed by atoms with van der Waals surface area (Å²) >= 11 is 1.58. The fourth-order valence-corrected chi connectivity index (χ4v) is 2.94. The van der Waals surface area contributed by atoms with E-state index < -0.39 is 11.6 Å². The van der Waals surface area contributed by atoms with E-state index in [1.165, 1.54) is 6.07 Å². The third-order valence-electron chi connectivity index (χ3n) is 3.07. The summed E-state index contributed by atoms with van der Waals surface area (Å²) in [5.74, 6) is -1.13. The van der Waals surface area contributed by atoms with E-state index in [0.29, 0.717) is 12.1 Å². The molecule has 0 amide bonds. The Bertz CT molecular complexity index is 761. The molecule has 0 atom stereocenters. The summed E-state index contributed by atoms with van der Waals surface area (Å²) in [5, 5.41) is 1.97. The van der Waals surface area contributed by atoms with Crippen molar-refractivity contribution in [3.63, 3.8) is 0 Å². The average Bonchev–Trinajstić information content (AvgIpc) is 2.87. The second-order valence-corrected chi connectivity index (χ2v) is 5.34. The Morgan fingerprint density at radius 2 is 2.16 bits per heavy atom. The highest BCUT2D eigenvalue weighted by Gasteiger charge is 2.15. The molecule has 0 saturated heterocycles. The SMILES string of the molecule is Cc1ccsc1Cn1c(N)nc2c(F)cc(F)cc21. The number of rotatable bonds is 2. The molecule has 2 N–H and O–H groups in total. The number of nitrogens with two attached hydrogens (primary N) is 1. The van der Waals surface area contributed by atoms with E-state index in [-0.39, 0.29) is 11.5 Å². The van der Waals surface area contributed by atoms with Crippen LogP contribution in [0.1, 0.15) is 10.4 Å². The number of imidazole rings is 1. The molecule has 0 saturated carbocycles. The first-order valence-corrected chi connectivity index (χ1v) is 6.58. The third kappa shape index (κ3) is 1.98. The van der Waals surface area contributed by atoms with Gasteiger partial charge < -0.3 is 10.3 Å². The number of hydrogen-bond donors (Lipinski definition) is 1. The Labute approximate surface area is 112 Å². The van der Waals surface area contributed by atoms with Crippen LogP contribution in [0.5, 0.6) is 0 Å². The topological polar surface area (TPSA) is 43.8 Å². The molecule has 6 heteroatoms. The van der Waals surface area contributed by atoms with Gasteiger partial charge in [0.15, 0.2) is 5.82 Å². The Kier molecular flexibility index (Phi) is 2.74. The van der Waals surface area contributed by atoms with Crippen molar-refractivity contribution in [2.75, 3.05) is 5.73 Å². The number of anilines is 1. The van der Waals surface area contributed by atoms with Crippen LogP contribution >= 0.6 is 11.3 Å². The summed E-state index contributed by atoms with van der Waals surface area (Å²) in [6, 6.07) is 4.07. The monoisotopic (exact) mass is 279 g/mol. The summed E-state index contributed by atoms with van der Waals surface area (Å²) in [7, 11) is 0. The average molecular weight is 279 g/mol. The second kappa shape index (κ2) is 4.31. The molecule has 19 heavy (non-hydrogen) atoms. The predicted molar refractivity (Wildman–Crippen MR) is 72.2 cm³/mol. The summed E-state index contributed by atoms with van der Waals surface area (Å²) in [6.07, 6.45) is 0. The van der Waals surface area contributed by atoms with E-state index in [1.54, 1.807) is 15.9 Å². The minimum absolute atomic E-state index is 0.105. The predicted octanol–water partition coefficient (Wildman–Crippen LogP) is 3.31. The van der Waals surface area contributed by atoms with Crippen molar-refractivity contribution in [3.05, 3.63) is 45.7 Å². The third-order valence-corrected chi connectivity index (χ3v) is 4.08. The van der Waals surface area contributed by atoms with Gasteiger partial charge in [-0.3, -0.25) is 0 Å². The molecule has 3 aromatic rings. The highest BCUT2D eigenvalue weighted by atomic mass is 32.1. The zero-order valence-electron chi connectivity index (χ0n) is 10.2. The Hall–Kier alpha value is -1.95. The fourth-order valence-electron chi connectivity index (χ4n) is 2.04. The molecule has 0 radical (unpaired) electrons. The lowest BCUT2D eigenvalue weighted by Gasteiger charge is -2.06. The summed E-state index contributed by atoms with van der Waals surface area (Å²) < 4.78 is 28.6. The Balaban J connectivity index is 2.18. The van der Waals surface area contributed by atoms with Crippen LogP contribution in [0.4, 0.5) is 14.7 Å². The van der Waals surface area contributed by atoms with Crippen molar-refractivity contribution in [3.8, 4) is 0 Å². The minimum Gasteiger partial charge on any atom is -0.369 e. The van der Waals surface area contributed by atoms with Crippen molar-refractivity contribution >= 4 is 28.3 Å². The van der Waals surface area contributed by atoms with E-state index >= 15 is 0 Å². The number of fused-ring (bicyclic) bond motifs is 1. The number of thiophene rings is 1. The molecule has 0 aliphatic carbocycles. The van der Waals surface area contributed by atoms with Crippen LogP contribution in [0.3, 0.4) is 0 Å². The van der Waals surface area contributed by atoms with Crippen molar-refractivity contribution in [2.45, 2.75) is 13.5 Å². The molecule has 0 aliphatic rings. The maximum Gasteiger partial charge on any atom is 0.201 e. The molecule has 0 fully saturated rings. The first-order valence-electron chi connectivity index (χ1n) is 5.70. The molecule has 2 heterocycles. The maximum absolute atomic E-state index is 13.6. The minimum atomic E-state index is -0.691. The van der Waals surface area contributed by atoms with Crippen LogP contribution < -0.4 is 5.73 Å². The zero-order valence-corrected chi connectivity index (χ0v) is 11.0. The molecule has 3 nitrogen and oxygen atoms in total. The largest absolute Gasteiger partial charge is 0.369 e. The first kappa shape index (κ1) is 12.1. The first-order chi connectivity index (χ1) is 9.06. The summed E-state index contributed by atoms with van der Waals surface area (Å²) in [4.78, 5) is 5.06. The summed E-state index contributed by atoms with van der Waals surface area (Å²) in [5.41, 5.74) is 7.42. The highest BCUT2D eigenvalue weighted by molar-refractivity contribution is 7.10. The van der Waals surface area contributed by atoms with Gasteiger partial charge in [-0.1, -0.05) is 0 Å². The number of aromatic nitrogens is 2. The molecule has 0 bridgehead atoms. The standard InChI is InChI=1S/C13H11F2N3S/c1-7-2-3-19-11(7)6-18-10-5-8(14)4-9(15)12(10)17-13(18)16/h2-5H,6H2,1H3,(H2,16,17). The molecular weight excluding hydrogens is 268 g/mol. The van der Waals surface area contributed by atoms with Gasteiger partial charge in [0.05, 0.1) is 12.1 Å². The van der Waals surface area contributed by atoms with E-state index in [4.69, 9.17) is 5.73 Å². The van der Waals surface area contributed by atoms with E-state index in [1.807, 2.05) is 18.4 Å². The normalized spacial score (nSPS) is 11.3. The lowest BCUT2D eigenvalue weighted by molar-refractivity contribution is 0.590. The van der Waals surface area contributed by atoms with Crippen LogP contribution in [0, 0.1) is 18.6 Å². The molecule has 0 spiro atoms. The van der Waals surface area contributed by atoms with E-state index in [9.17, 15) is 8.78 Å². The number of hydrogen-bond acceptors (Lipinski definition) is 3. The number of halogens is 2. The van der Waals surface area contributed by atoms with Gasteiger partial charge in [-0.25, -0.2) is 13.8 Å². The number of nitrogens with zero attached hydrogens (tertiary/aromatic N) is 2. The van der Waals surface area contributed by atoms with Crippen LogP contribution in [0.2, 0.25) is 0 Å². The number of benzene rings is 1. The molecular formula is C13H11F2N3S. The second-order valence-electron chi connectivity index (χ2n) is 4.34. The van der Waals surface area contributed by atoms with Gasteiger partial charge in [0, 0.05) is 17.0 Å². The van der Waals surface area contributed by atoms with Gasteiger partial charge in [-0.05, 0) is 23.9 Å². The zero-order chi connectivity index (χ0) is 13.6. The van der Waals surface area contributed by atoms with Gasteiger partial charge in [-0.2, -0.15) is 0 Å². The molecule has 0 aliphatic heterocycles. The van der Waals surface area contributed by atoms with Gasteiger partial charge in [0.2, 0.25) is 5.95 Å². The lowest BCUT2D eigenvalue weighted by atomic mass is 10.2. The smallest absolute Gasteiger partial charge is 0.201 e. The molecule has 2 aromatic heterocycles. The van der Waals surface area contributed by atoms with Crippen molar-refractivity contribution in [1.29, 1.82) is 0 Å². The van der Waals surface area contributed by atoms with Crippen molar-refractivity contribution in [1.82, 2.24) is 9.55 Å². The molecule has 1 aromatic carbocycles. The van der Waals surface area contributed by atoms with Crippen LogP contribution in [-0.4, -0.2) is 9.55 Å². The fraction of sp³-hybridized carbons (Fsp3) is 0.154. The van der Waals surface area contributed by atoms with Crippen LogP contribution in [0.15, 0.2) is 23.6 Å². The number of nitrogen functional groups attached to an aromatic ring is 1. The summed E-state index contributed by atoms with van der Waals surface area (Å²) in [6.45, 7) is 2.46.